The van der Waals surface area contributed by atoms with Crippen molar-refractivity contribution in [1.29, 1.82) is 0 Å². The molecule has 0 radical (unpaired) electrons. The van der Waals surface area contributed by atoms with Gasteiger partial charge in [-0.2, -0.15) is 18.3 Å². The van der Waals surface area contributed by atoms with Crippen LogP contribution in [0, 0.1) is 24.7 Å². The number of carbonyl (C=O) groups is 1. The summed E-state index contributed by atoms with van der Waals surface area (Å²) in [6.07, 6.45) is 2.93. The van der Waals surface area contributed by atoms with Crippen LogP contribution in [0.3, 0.4) is 0 Å². The number of hydrogen-bond acceptors (Lipinski definition) is 7. The molecule has 13 heteroatoms. The molecule has 2 N–H and O–H groups in total. The molecule has 2 saturated carbocycles. The third kappa shape index (κ3) is 7.57. The van der Waals surface area contributed by atoms with Gasteiger partial charge in [0.1, 0.15) is 21.4 Å². The van der Waals surface area contributed by atoms with E-state index in [4.69, 9.17) is 4.74 Å². The number of methoxy groups -OCH3 is 1. The van der Waals surface area contributed by atoms with Gasteiger partial charge < -0.3 is 15.4 Å². The highest BCUT2D eigenvalue weighted by Crippen LogP contribution is 2.40. The number of hydrogen-bond donors (Lipinski definition) is 2. The fraction of sp³-hybridized carbons (Fsp3) is 0.690. The predicted octanol–water partition coefficient (Wildman–Crippen LogP) is 5.40. The number of anilines is 1. The number of alkyl halides is 3. The summed E-state index contributed by atoms with van der Waals surface area (Å²) in [5, 5.41) is 10.5. The van der Waals surface area contributed by atoms with E-state index in [2.05, 4.69) is 20.7 Å². The molecule has 0 spiro atoms. The second kappa shape index (κ2) is 13.2. The van der Waals surface area contributed by atoms with E-state index in [0.717, 1.165) is 18.5 Å². The first-order valence-electron chi connectivity index (χ1n) is 14.7. The molecule has 2 fully saturated rings. The average molecular weight is 614 g/mol. The van der Waals surface area contributed by atoms with E-state index >= 15 is 0 Å². The van der Waals surface area contributed by atoms with Gasteiger partial charge in [0.25, 0.3) is 5.91 Å². The van der Waals surface area contributed by atoms with Gasteiger partial charge in [-0.15, -0.1) is 0 Å². The Kier molecular flexibility index (Phi) is 10.1. The highest BCUT2D eigenvalue weighted by atomic mass is 32.2. The summed E-state index contributed by atoms with van der Waals surface area (Å²) >= 11 is 0. The molecule has 234 valence electrons. The minimum atomic E-state index is -4.12. The van der Waals surface area contributed by atoms with Crippen molar-refractivity contribution in [2.24, 2.45) is 17.8 Å². The smallest absolute Gasteiger partial charge is 0.391 e. The molecule has 2 aliphatic carbocycles. The molecule has 0 aliphatic heterocycles. The molecule has 0 atom stereocenters. The van der Waals surface area contributed by atoms with Crippen molar-refractivity contribution < 1.29 is 31.1 Å². The Hall–Kier alpha value is -2.83. The van der Waals surface area contributed by atoms with Crippen LogP contribution in [0.5, 0.6) is 5.75 Å². The zero-order chi connectivity index (χ0) is 30.7. The number of pyridine rings is 1. The van der Waals surface area contributed by atoms with Gasteiger partial charge in [-0.05, 0) is 77.0 Å². The lowest BCUT2D eigenvalue weighted by Gasteiger charge is -2.30. The Morgan fingerprint density at radius 1 is 1.07 bits per heavy atom. The third-order valence-electron chi connectivity index (χ3n) is 8.88. The van der Waals surface area contributed by atoms with Gasteiger partial charge in [0.15, 0.2) is 5.69 Å². The first kappa shape index (κ1) is 32.1. The molecule has 0 bridgehead atoms. The van der Waals surface area contributed by atoms with E-state index in [1.165, 1.54) is 6.26 Å². The van der Waals surface area contributed by atoms with Gasteiger partial charge in [0.05, 0.1) is 29.5 Å². The number of amides is 1. The maximum Gasteiger partial charge on any atom is 0.391 e. The zero-order valence-electron chi connectivity index (χ0n) is 24.8. The van der Waals surface area contributed by atoms with Crippen molar-refractivity contribution >= 4 is 21.6 Å². The van der Waals surface area contributed by atoms with Gasteiger partial charge in [-0.1, -0.05) is 0 Å². The van der Waals surface area contributed by atoms with E-state index in [-0.39, 0.29) is 35.8 Å². The summed E-state index contributed by atoms with van der Waals surface area (Å²) in [5.74, 6) is 0.000933. The van der Waals surface area contributed by atoms with Crippen LogP contribution in [-0.2, 0) is 16.4 Å². The van der Waals surface area contributed by atoms with Gasteiger partial charge in [0, 0.05) is 43.7 Å². The monoisotopic (exact) mass is 613 g/mol. The number of halogens is 3. The van der Waals surface area contributed by atoms with Crippen LogP contribution in [0.1, 0.15) is 74.3 Å². The van der Waals surface area contributed by atoms with Gasteiger partial charge in [0.2, 0.25) is 0 Å². The molecule has 9 nitrogen and oxygen atoms in total. The molecule has 2 aliphatic rings. The number of nitrogens with zero attached hydrogens (tertiary/aromatic N) is 3. The molecule has 2 heterocycles. The average Bonchev–Trinajstić information content (AvgIpc) is 3.30. The lowest BCUT2D eigenvalue weighted by molar-refractivity contribution is -0.183. The molecule has 42 heavy (non-hydrogen) atoms. The van der Waals surface area contributed by atoms with E-state index in [0.29, 0.717) is 73.7 Å². The second-order valence-corrected chi connectivity index (χ2v) is 14.1. The summed E-state index contributed by atoms with van der Waals surface area (Å²) < 4.78 is 70.0. The maximum atomic E-state index is 13.2. The van der Waals surface area contributed by atoms with E-state index in [9.17, 15) is 26.4 Å². The highest BCUT2D eigenvalue weighted by Gasteiger charge is 2.41. The normalized spacial score (nSPS) is 23.4. The number of rotatable bonds is 10. The van der Waals surface area contributed by atoms with E-state index in [1.807, 2.05) is 13.8 Å². The van der Waals surface area contributed by atoms with E-state index in [1.54, 1.807) is 24.1 Å². The van der Waals surface area contributed by atoms with Crippen molar-refractivity contribution in [3.8, 4) is 17.0 Å². The molecule has 0 aromatic carbocycles. The molecule has 0 saturated heterocycles. The van der Waals surface area contributed by atoms with Crippen molar-refractivity contribution in [3.05, 3.63) is 23.5 Å². The Morgan fingerprint density at radius 2 is 1.69 bits per heavy atom. The van der Waals surface area contributed by atoms with Crippen LogP contribution in [0.25, 0.3) is 11.3 Å². The van der Waals surface area contributed by atoms with Crippen LogP contribution in [0.4, 0.5) is 19.0 Å². The summed E-state index contributed by atoms with van der Waals surface area (Å²) in [6.45, 7) is 5.28. The van der Waals surface area contributed by atoms with Gasteiger partial charge in [-0.3, -0.25) is 9.48 Å². The minimum absolute atomic E-state index is 0.149. The summed E-state index contributed by atoms with van der Waals surface area (Å²) in [7, 11) is -1.49. The molecular weight excluding hydrogens is 571 g/mol. The number of sulfone groups is 1. The third-order valence-corrected chi connectivity index (χ3v) is 10.6. The largest absolute Gasteiger partial charge is 0.496 e. The fourth-order valence-electron chi connectivity index (χ4n) is 6.25. The van der Waals surface area contributed by atoms with Gasteiger partial charge >= 0.3 is 6.18 Å². The Labute approximate surface area is 245 Å². The topological polar surface area (TPSA) is 115 Å². The number of ether oxygens (including phenoxy) is 1. The van der Waals surface area contributed by atoms with Crippen molar-refractivity contribution in [2.75, 3.05) is 31.8 Å². The fourth-order valence-corrected chi connectivity index (χ4v) is 7.37. The van der Waals surface area contributed by atoms with Crippen molar-refractivity contribution in [2.45, 2.75) is 83.2 Å². The lowest BCUT2D eigenvalue weighted by atomic mass is 9.81. The van der Waals surface area contributed by atoms with Crippen LogP contribution in [0.15, 0.2) is 12.3 Å². The zero-order valence-corrected chi connectivity index (χ0v) is 25.6. The quantitative estimate of drug-likeness (QED) is 0.369. The van der Waals surface area contributed by atoms with Crippen LogP contribution in [-0.4, -0.2) is 67.0 Å². The van der Waals surface area contributed by atoms with Crippen molar-refractivity contribution in [1.82, 2.24) is 20.1 Å². The predicted molar refractivity (Wildman–Crippen MR) is 155 cm³/mol. The number of aromatic nitrogens is 3. The standard InChI is InChI=1S/C29H42F3N5O4S/c1-5-37-27(18(2)26(36-37)28(38)35-16-20-8-12-22(13-9-20)42(4,39)40)23-17-34-25(14-24(23)41-3)33-15-19-6-10-21(11-7-19)29(30,31)32/h14,17,19-22H,5-13,15-16H2,1-4H3,(H,33,34)(H,35,38). The summed E-state index contributed by atoms with van der Waals surface area (Å²) in [6, 6.07) is 1.76. The number of aryl methyl sites for hydroxylation is 1. The summed E-state index contributed by atoms with van der Waals surface area (Å²) in [5.41, 5.74) is 2.41. The SMILES string of the molecule is CCn1nc(C(=O)NCC2CCC(S(C)(=O)=O)CC2)c(C)c1-c1cnc(NCC2CCC(C(F)(F)F)CC2)cc1OC. The Bertz CT molecular complexity index is 1350. The Morgan fingerprint density at radius 3 is 2.26 bits per heavy atom. The second-order valence-electron chi connectivity index (χ2n) is 11.7. The van der Waals surface area contributed by atoms with Crippen LogP contribution in [0.2, 0.25) is 0 Å². The number of carbonyl (C=O) groups excluding carboxylic acids is 1. The molecule has 1 amide bonds. The van der Waals surface area contributed by atoms with Gasteiger partial charge in [-0.25, -0.2) is 13.4 Å². The maximum absolute atomic E-state index is 13.2. The lowest BCUT2D eigenvalue weighted by Crippen LogP contribution is -2.34. The van der Waals surface area contributed by atoms with E-state index < -0.39 is 21.9 Å². The molecule has 0 unspecified atom stereocenters. The highest BCUT2D eigenvalue weighted by molar-refractivity contribution is 7.91. The number of nitrogens with one attached hydrogen (secondary N) is 2. The van der Waals surface area contributed by atoms with Crippen LogP contribution >= 0.6 is 0 Å². The molecular formula is C29H42F3N5O4S. The first-order chi connectivity index (χ1) is 19.8. The first-order valence-corrected chi connectivity index (χ1v) is 16.7. The minimum Gasteiger partial charge on any atom is -0.496 e. The molecule has 2 aromatic heterocycles. The molecule has 2 aromatic rings. The van der Waals surface area contributed by atoms with Crippen molar-refractivity contribution in [3.63, 3.8) is 0 Å². The Balaban J connectivity index is 1.40. The molecule has 4 rings (SSSR count). The summed E-state index contributed by atoms with van der Waals surface area (Å²) in [4.78, 5) is 17.7. The van der Waals surface area contributed by atoms with Crippen LogP contribution < -0.4 is 15.4 Å².